The first-order valence-electron chi connectivity index (χ1n) is 19.7. The predicted molar refractivity (Wildman–Crippen MR) is 235 cm³/mol. The maximum absolute atomic E-state index is 4.76. The van der Waals surface area contributed by atoms with E-state index in [1.807, 2.05) is 12.3 Å². The predicted octanol–water partition coefficient (Wildman–Crippen LogP) is 14.0. The molecule has 2 nitrogen and oxygen atoms in total. The molecule has 2 aliphatic carbocycles. The highest BCUT2D eigenvalue weighted by Gasteiger charge is 2.24. The Hall–Kier alpha value is -7.03. The summed E-state index contributed by atoms with van der Waals surface area (Å²) in [5.74, 6) is 0. The van der Waals surface area contributed by atoms with Crippen LogP contribution < -0.4 is 0 Å². The molecule has 0 N–H and O–H groups in total. The van der Waals surface area contributed by atoms with Crippen LogP contribution in [-0.4, -0.2) is 9.55 Å². The van der Waals surface area contributed by atoms with Gasteiger partial charge in [0.05, 0.1) is 11.0 Å². The van der Waals surface area contributed by atoms with Gasteiger partial charge in [-0.2, -0.15) is 0 Å². The van der Waals surface area contributed by atoms with E-state index in [0.717, 1.165) is 35.7 Å². The molecule has 0 radical (unpaired) electrons. The fraction of sp³-hybridized carbons (Fsp3) is 0.0556. The first kappa shape index (κ1) is 31.3. The van der Waals surface area contributed by atoms with Crippen LogP contribution in [0.2, 0.25) is 0 Å². The fourth-order valence-corrected chi connectivity index (χ4v) is 9.73. The molecule has 12 rings (SSSR count). The van der Waals surface area contributed by atoms with Crippen molar-refractivity contribution in [3.63, 3.8) is 0 Å². The summed E-state index contributed by atoms with van der Waals surface area (Å²) in [6.07, 6.45) is 9.75. The van der Waals surface area contributed by atoms with Gasteiger partial charge in [0.2, 0.25) is 0 Å². The lowest BCUT2D eigenvalue weighted by molar-refractivity contribution is 0.967. The van der Waals surface area contributed by atoms with Crippen molar-refractivity contribution < 1.29 is 0 Å². The number of aryl methyl sites for hydroxylation is 1. The van der Waals surface area contributed by atoms with Gasteiger partial charge >= 0.3 is 0 Å². The molecule has 0 saturated carbocycles. The Kier molecular flexibility index (Phi) is 6.85. The molecule has 0 amide bonds. The summed E-state index contributed by atoms with van der Waals surface area (Å²) in [7, 11) is 0. The summed E-state index contributed by atoms with van der Waals surface area (Å²) in [5.41, 5.74) is 19.1. The zero-order valence-electron chi connectivity index (χ0n) is 30.8. The van der Waals surface area contributed by atoms with E-state index in [9.17, 15) is 0 Å². The minimum absolute atomic E-state index is 0.954. The minimum Gasteiger partial charge on any atom is -0.310 e. The van der Waals surface area contributed by atoms with Crippen molar-refractivity contribution >= 4 is 49.4 Å². The summed E-state index contributed by atoms with van der Waals surface area (Å²) in [6.45, 7) is 0. The van der Waals surface area contributed by atoms with E-state index in [2.05, 4.69) is 174 Å². The second-order valence-electron chi connectivity index (χ2n) is 15.4. The lowest BCUT2D eigenvalue weighted by Gasteiger charge is -2.20. The third kappa shape index (κ3) is 4.72. The second-order valence-corrected chi connectivity index (χ2v) is 15.4. The number of benzene rings is 8. The van der Waals surface area contributed by atoms with Crippen LogP contribution in [0.5, 0.6) is 0 Å². The van der Waals surface area contributed by atoms with Gasteiger partial charge in [0.1, 0.15) is 0 Å². The molecule has 0 bridgehead atoms. The number of fused-ring (bicyclic) bond motifs is 9. The number of aromatic nitrogens is 2. The van der Waals surface area contributed by atoms with Crippen molar-refractivity contribution in [2.24, 2.45) is 0 Å². The van der Waals surface area contributed by atoms with E-state index >= 15 is 0 Å². The molecule has 2 heterocycles. The maximum atomic E-state index is 4.76. The van der Waals surface area contributed by atoms with Crippen LogP contribution in [0.1, 0.15) is 28.8 Å². The third-order valence-corrected chi connectivity index (χ3v) is 12.3. The van der Waals surface area contributed by atoms with Crippen LogP contribution in [0.4, 0.5) is 0 Å². The van der Waals surface area contributed by atoms with Crippen molar-refractivity contribution in [1.82, 2.24) is 9.55 Å². The molecule has 0 unspecified atom stereocenters. The molecule has 262 valence electrons. The highest BCUT2D eigenvalue weighted by Crippen LogP contribution is 2.48. The number of rotatable bonds is 4. The Morgan fingerprint density at radius 3 is 1.96 bits per heavy atom. The minimum atomic E-state index is 0.954. The quantitative estimate of drug-likeness (QED) is 0.166. The third-order valence-electron chi connectivity index (χ3n) is 12.3. The van der Waals surface area contributed by atoms with Crippen molar-refractivity contribution in [3.05, 3.63) is 198 Å². The largest absolute Gasteiger partial charge is 0.310 e. The number of nitrogens with zero attached hydrogens (tertiary/aromatic N) is 2. The van der Waals surface area contributed by atoms with Gasteiger partial charge in [-0.1, -0.05) is 127 Å². The van der Waals surface area contributed by atoms with Crippen LogP contribution in [0.25, 0.3) is 99.6 Å². The summed E-state index contributed by atoms with van der Waals surface area (Å²) in [6, 6.07) is 60.8. The van der Waals surface area contributed by atoms with Gasteiger partial charge in [0.25, 0.3) is 0 Å². The molecule has 56 heavy (non-hydrogen) atoms. The molecule has 10 aromatic rings. The van der Waals surface area contributed by atoms with Crippen molar-refractivity contribution in [1.29, 1.82) is 0 Å². The first-order chi connectivity index (χ1) is 27.8. The van der Waals surface area contributed by atoms with E-state index in [1.165, 1.54) is 99.5 Å². The summed E-state index contributed by atoms with van der Waals surface area (Å²) >= 11 is 0. The van der Waals surface area contributed by atoms with E-state index in [-0.39, 0.29) is 0 Å². The average molecular weight is 713 g/mol. The SMILES string of the molecule is C1=Cc2c(c3ccccc3n2-c2ccc(-c3c4ccccc4c(-c4ccc(-c5cnc6ccccc6c5)cc4)c4cc5c(cc34)-c3ccccc3C5)cc2)CC1. The van der Waals surface area contributed by atoms with Gasteiger partial charge in [-0.25, -0.2) is 0 Å². The molecular weight excluding hydrogens is 677 g/mol. The number of allylic oxidation sites excluding steroid dienone is 1. The van der Waals surface area contributed by atoms with Gasteiger partial charge in [-0.3, -0.25) is 4.98 Å². The highest BCUT2D eigenvalue weighted by atomic mass is 15.0. The van der Waals surface area contributed by atoms with Crippen LogP contribution in [0.15, 0.2) is 176 Å². The molecular formula is C54H36N2. The van der Waals surface area contributed by atoms with Gasteiger partial charge < -0.3 is 4.57 Å². The normalized spacial score (nSPS) is 13.1. The van der Waals surface area contributed by atoms with E-state index < -0.39 is 0 Å². The summed E-state index contributed by atoms with van der Waals surface area (Å²) in [5, 5.41) is 7.64. The smallest absolute Gasteiger partial charge is 0.0702 e. The lowest BCUT2D eigenvalue weighted by Crippen LogP contribution is -2.00. The number of hydrogen-bond acceptors (Lipinski definition) is 1. The monoisotopic (exact) mass is 712 g/mol. The van der Waals surface area contributed by atoms with Gasteiger partial charge in [0.15, 0.2) is 0 Å². The van der Waals surface area contributed by atoms with Gasteiger partial charge in [0, 0.05) is 33.9 Å². The molecule has 2 heteroatoms. The Morgan fingerprint density at radius 2 is 1.14 bits per heavy atom. The topological polar surface area (TPSA) is 17.8 Å². The molecule has 0 saturated heterocycles. The Bertz CT molecular complexity index is 3250. The summed E-state index contributed by atoms with van der Waals surface area (Å²) < 4.78 is 2.45. The van der Waals surface area contributed by atoms with E-state index in [1.54, 1.807) is 0 Å². The fourth-order valence-electron chi connectivity index (χ4n) is 9.73. The molecule has 0 atom stereocenters. The van der Waals surface area contributed by atoms with Gasteiger partial charge in [-0.15, -0.1) is 0 Å². The number of para-hydroxylation sites is 2. The molecule has 2 aromatic heterocycles. The van der Waals surface area contributed by atoms with Crippen LogP contribution in [0.3, 0.4) is 0 Å². The Balaban J connectivity index is 1.06. The first-order valence-corrected chi connectivity index (χ1v) is 19.7. The zero-order valence-corrected chi connectivity index (χ0v) is 30.8. The van der Waals surface area contributed by atoms with Crippen molar-refractivity contribution in [2.75, 3.05) is 0 Å². The lowest BCUT2D eigenvalue weighted by atomic mass is 9.84. The molecule has 8 aromatic carbocycles. The van der Waals surface area contributed by atoms with Crippen molar-refractivity contribution in [2.45, 2.75) is 19.3 Å². The molecule has 0 spiro atoms. The maximum Gasteiger partial charge on any atom is 0.0702 e. The number of hydrogen-bond donors (Lipinski definition) is 0. The van der Waals surface area contributed by atoms with Crippen LogP contribution in [-0.2, 0) is 12.8 Å². The highest BCUT2D eigenvalue weighted by molar-refractivity contribution is 6.22. The molecule has 0 fully saturated rings. The van der Waals surface area contributed by atoms with Crippen LogP contribution in [0, 0.1) is 0 Å². The number of pyridine rings is 1. The second kappa shape index (κ2) is 12.2. The zero-order chi connectivity index (χ0) is 36.7. The Labute approximate surface area is 325 Å². The van der Waals surface area contributed by atoms with E-state index in [4.69, 9.17) is 4.98 Å². The average Bonchev–Trinajstić information content (AvgIpc) is 3.80. The van der Waals surface area contributed by atoms with Gasteiger partial charge in [-0.05, 0) is 145 Å². The molecule has 0 aliphatic heterocycles. The van der Waals surface area contributed by atoms with E-state index in [0.29, 0.717) is 0 Å². The van der Waals surface area contributed by atoms with Crippen LogP contribution >= 0.6 is 0 Å². The Morgan fingerprint density at radius 1 is 0.482 bits per heavy atom. The molecule has 2 aliphatic rings. The standard InChI is InChI=1S/C54H36N2/c1-3-13-42-37(11-1)29-39-31-48-49(32-47(39)42)54(36-25-27-41(28-26-36)56-51-19-9-6-14-43(51)44-15-7-10-20-52(44)56)46-17-5-4-16-45(46)53(48)35-23-21-34(22-24-35)40-30-38-12-2-8-18-50(38)55-33-40/h1-6,8-14,16-28,30-33H,7,15,29H2. The van der Waals surface area contributed by atoms with Crippen molar-refractivity contribution in [3.8, 4) is 50.2 Å². The summed E-state index contributed by atoms with van der Waals surface area (Å²) in [4.78, 5) is 4.76.